The lowest BCUT2D eigenvalue weighted by Gasteiger charge is -2.30. The molecule has 18 heavy (non-hydrogen) atoms. The van der Waals surface area contributed by atoms with Crippen LogP contribution in [-0.4, -0.2) is 29.7 Å². The molecule has 2 rings (SSSR count). The van der Waals surface area contributed by atoms with Gasteiger partial charge in [0.15, 0.2) is 5.78 Å². The summed E-state index contributed by atoms with van der Waals surface area (Å²) < 4.78 is 10.2. The van der Waals surface area contributed by atoms with Gasteiger partial charge < -0.3 is 9.47 Å². The molecular weight excluding hydrogens is 236 g/mol. The summed E-state index contributed by atoms with van der Waals surface area (Å²) in [6.45, 7) is 2.33. The third-order valence-electron chi connectivity index (χ3n) is 2.72. The minimum atomic E-state index is -1.75. The van der Waals surface area contributed by atoms with Crippen molar-refractivity contribution in [2.45, 2.75) is 19.4 Å². The smallest absolute Gasteiger partial charge is 0.351 e. The molecule has 0 saturated carbocycles. The van der Waals surface area contributed by atoms with E-state index in [0.29, 0.717) is 0 Å². The van der Waals surface area contributed by atoms with Crippen molar-refractivity contribution in [1.82, 2.24) is 0 Å². The molecule has 1 atom stereocenters. The van der Waals surface area contributed by atoms with E-state index >= 15 is 0 Å². The number of fused-ring (bicyclic) bond motifs is 1. The van der Waals surface area contributed by atoms with Crippen LogP contribution < -0.4 is 4.74 Å². The first-order valence-electron chi connectivity index (χ1n) is 5.44. The number of hydrogen-bond donors (Lipinski definition) is 0. The average Bonchev–Trinajstić information content (AvgIpc) is 2.34. The lowest BCUT2D eigenvalue weighted by atomic mass is 9.91. The van der Waals surface area contributed by atoms with Crippen LogP contribution in [0.4, 0.5) is 0 Å². The van der Waals surface area contributed by atoms with Crippen LogP contribution in [0.3, 0.4) is 0 Å². The largest absolute Gasteiger partial charge is 0.423 e. The van der Waals surface area contributed by atoms with Crippen LogP contribution in [0.15, 0.2) is 24.3 Å². The Bertz CT molecular complexity index is 534. The van der Waals surface area contributed by atoms with Gasteiger partial charge in [0.05, 0.1) is 5.56 Å². The van der Waals surface area contributed by atoms with E-state index < -0.39 is 17.4 Å². The molecule has 0 saturated heterocycles. The molecule has 0 spiro atoms. The average molecular weight is 248 g/mol. The summed E-state index contributed by atoms with van der Waals surface area (Å²) >= 11 is 0. The van der Waals surface area contributed by atoms with E-state index in [1.54, 1.807) is 18.2 Å². The molecule has 1 aromatic rings. The Morgan fingerprint density at radius 3 is 2.67 bits per heavy atom. The summed E-state index contributed by atoms with van der Waals surface area (Å²) in [5, 5.41) is 0. The number of para-hydroxylation sites is 1. The normalized spacial score (nSPS) is 22.3. The van der Waals surface area contributed by atoms with Crippen molar-refractivity contribution < 1.29 is 23.9 Å². The van der Waals surface area contributed by atoms with Crippen LogP contribution in [0.25, 0.3) is 0 Å². The van der Waals surface area contributed by atoms with E-state index in [-0.39, 0.29) is 23.7 Å². The highest BCUT2D eigenvalue weighted by Gasteiger charge is 2.49. The minimum absolute atomic E-state index is 0.219. The third-order valence-corrected chi connectivity index (χ3v) is 2.72. The van der Waals surface area contributed by atoms with Crippen molar-refractivity contribution in [3.8, 4) is 5.75 Å². The fraction of sp³-hybridized carbons (Fsp3) is 0.308. The molecule has 1 aliphatic heterocycles. The predicted octanol–water partition coefficient (Wildman–Crippen LogP) is 1.15. The summed E-state index contributed by atoms with van der Waals surface area (Å²) in [5.74, 6) is -1.34. The molecule has 5 nitrogen and oxygen atoms in total. The fourth-order valence-corrected chi connectivity index (χ4v) is 1.66. The number of rotatable bonds is 3. The van der Waals surface area contributed by atoms with Crippen molar-refractivity contribution in [2.75, 3.05) is 6.61 Å². The molecule has 94 valence electrons. The first kappa shape index (κ1) is 12.4. The van der Waals surface area contributed by atoms with E-state index in [1.165, 1.54) is 19.9 Å². The summed E-state index contributed by atoms with van der Waals surface area (Å²) in [5.41, 5.74) is -1.47. The van der Waals surface area contributed by atoms with E-state index in [4.69, 9.17) is 9.47 Å². The highest BCUT2D eigenvalue weighted by atomic mass is 16.6. The van der Waals surface area contributed by atoms with Crippen LogP contribution >= 0.6 is 0 Å². The highest BCUT2D eigenvalue weighted by Crippen LogP contribution is 2.31. The van der Waals surface area contributed by atoms with Crippen molar-refractivity contribution in [2.24, 2.45) is 0 Å². The maximum atomic E-state index is 12.2. The monoisotopic (exact) mass is 248 g/mol. The van der Waals surface area contributed by atoms with Crippen LogP contribution in [0.1, 0.15) is 24.2 Å². The van der Waals surface area contributed by atoms with E-state index in [9.17, 15) is 14.4 Å². The van der Waals surface area contributed by atoms with Gasteiger partial charge in [-0.2, -0.15) is 0 Å². The molecule has 0 N–H and O–H groups in total. The second-order valence-electron chi connectivity index (χ2n) is 4.24. The van der Waals surface area contributed by atoms with Gasteiger partial charge in [-0.05, 0) is 26.0 Å². The molecule has 0 aromatic heterocycles. The molecule has 0 aliphatic carbocycles. The third kappa shape index (κ3) is 1.93. The van der Waals surface area contributed by atoms with Crippen molar-refractivity contribution in [1.29, 1.82) is 0 Å². The standard InChI is InChI=1S/C13H12O5/c1-8(14)7-17-13(2)11(15)9-5-3-4-6-10(9)18-12(13)16/h3-6H,7H2,1-2H3. The van der Waals surface area contributed by atoms with Crippen molar-refractivity contribution in [3.63, 3.8) is 0 Å². The van der Waals surface area contributed by atoms with Crippen LogP contribution in [-0.2, 0) is 14.3 Å². The summed E-state index contributed by atoms with van der Waals surface area (Å²) in [6.07, 6.45) is 0. The summed E-state index contributed by atoms with van der Waals surface area (Å²) in [7, 11) is 0. The Hall–Kier alpha value is -2.01. The lowest BCUT2D eigenvalue weighted by molar-refractivity contribution is -0.156. The topological polar surface area (TPSA) is 69.7 Å². The van der Waals surface area contributed by atoms with Gasteiger partial charge in [-0.25, -0.2) is 4.79 Å². The maximum Gasteiger partial charge on any atom is 0.351 e. The first-order chi connectivity index (χ1) is 8.45. The van der Waals surface area contributed by atoms with Crippen LogP contribution in [0.5, 0.6) is 5.75 Å². The predicted molar refractivity (Wildman–Crippen MR) is 61.4 cm³/mol. The quantitative estimate of drug-likeness (QED) is 0.456. The highest BCUT2D eigenvalue weighted by molar-refractivity contribution is 6.19. The molecule has 0 radical (unpaired) electrons. The van der Waals surface area contributed by atoms with Crippen molar-refractivity contribution in [3.05, 3.63) is 29.8 Å². The van der Waals surface area contributed by atoms with Gasteiger partial charge in [0, 0.05) is 0 Å². The second kappa shape index (κ2) is 4.34. The molecule has 0 amide bonds. The second-order valence-corrected chi connectivity index (χ2v) is 4.24. The number of carbonyl (C=O) groups excluding carboxylic acids is 3. The minimum Gasteiger partial charge on any atom is -0.423 e. The Kier molecular flexibility index (Phi) is 3.00. The van der Waals surface area contributed by atoms with E-state index in [2.05, 4.69) is 0 Å². The van der Waals surface area contributed by atoms with Crippen LogP contribution in [0, 0.1) is 0 Å². The van der Waals surface area contributed by atoms with E-state index in [0.717, 1.165) is 0 Å². The number of carbonyl (C=O) groups is 3. The van der Waals surface area contributed by atoms with Gasteiger partial charge in [-0.1, -0.05) is 12.1 Å². The molecule has 1 aliphatic rings. The van der Waals surface area contributed by atoms with Gasteiger partial charge >= 0.3 is 5.97 Å². The summed E-state index contributed by atoms with van der Waals surface area (Å²) in [6, 6.07) is 6.43. The number of hydrogen-bond acceptors (Lipinski definition) is 5. The number of esters is 1. The molecule has 5 heteroatoms. The van der Waals surface area contributed by atoms with Gasteiger partial charge in [0.2, 0.25) is 11.4 Å². The van der Waals surface area contributed by atoms with Crippen LogP contribution in [0.2, 0.25) is 0 Å². The fourth-order valence-electron chi connectivity index (χ4n) is 1.66. The molecule has 0 bridgehead atoms. The van der Waals surface area contributed by atoms with E-state index in [1.807, 2.05) is 0 Å². The SMILES string of the molecule is CC(=O)COC1(C)C(=O)Oc2ccccc2C1=O. The lowest BCUT2D eigenvalue weighted by Crippen LogP contribution is -2.52. The van der Waals surface area contributed by atoms with Gasteiger partial charge in [-0.15, -0.1) is 0 Å². The zero-order valence-corrected chi connectivity index (χ0v) is 10.1. The molecule has 1 unspecified atom stereocenters. The van der Waals surface area contributed by atoms with Gasteiger partial charge in [-0.3, -0.25) is 9.59 Å². The zero-order chi connectivity index (χ0) is 13.3. The zero-order valence-electron chi connectivity index (χ0n) is 10.1. The molecular formula is C13H12O5. The Labute approximate surface area is 104 Å². The summed E-state index contributed by atoms with van der Waals surface area (Å²) in [4.78, 5) is 34.9. The molecule has 1 aromatic carbocycles. The Morgan fingerprint density at radius 1 is 1.33 bits per heavy atom. The number of ether oxygens (including phenoxy) is 2. The maximum absolute atomic E-state index is 12.2. The Morgan fingerprint density at radius 2 is 2.00 bits per heavy atom. The Balaban J connectivity index is 2.37. The number of Topliss-reactive ketones (excluding diaryl/α,β-unsaturated/α-hetero) is 2. The first-order valence-corrected chi connectivity index (χ1v) is 5.44. The van der Waals surface area contributed by atoms with Crippen molar-refractivity contribution >= 4 is 17.5 Å². The van der Waals surface area contributed by atoms with Gasteiger partial charge in [0.25, 0.3) is 0 Å². The van der Waals surface area contributed by atoms with Gasteiger partial charge in [0.1, 0.15) is 12.4 Å². The number of ketones is 2. The number of benzene rings is 1. The molecule has 1 heterocycles. The molecule has 0 fully saturated rings.